The van der Waals surface area contributed by atoms with Crippen LogP contribution in [0.4, 0.5) is 0 Å². The summed E-state index contributed by atoms with van der Waals surface area (Å²) >= 11 is 0. The Balaban J connectivity index is 2.37. The van der Waals surface area contributed by atoms with E-state index in [9.17, 15) is 8.42 Å². The monoisotopic (exact) mass is 257 g/mol. The van der Waals surface area contributed by atoms with Crippen molar-refractivity contribution < 1.29 is 13.2 Å². The molecule has 0 unspecified atom stereocenters. The largest absolute Gasteiger partial charge is 0.494 e. The normalized spacial score (nSPS) is 13.4. The van der Waals surface area contributed by atoms with Crippen molar-refractivity contribution in [2.75, 3.05) is 18.6 Å². The summed E-state index contributed by atoms with van der Waals surface area (Å²) in [5.41, 5.74) is 6.78. The van der Waals surface area contributed by atoms with Crippen LogP contribution in [0.1, 0.15) is 24.9 Å². The second-order valence-corrected chi connectivity index (χ2v) is 6.45. The minimum Gasteiger partial charge on any atom is -0.494 e. The second-order valence-electron chi connectivity index (χ2n) is 4.19. The lowest BCUT2D eigenvalue weighted by Gasteiger charge is -2.08. The molecule has 1 rings (SSSR count). The minimum atomic E-state index is -2.89. The molecule has 96 valence electrons. The maximum Gasteiger partial charge on any atom is 0.147 e. The fourth-order valence-electron chi connectivity index (χ4n) is 1.38. The summed E-state index contributed by atoms with van der Waals surface area (Å²) in [5.74, 6) is 0.896. The van der Waals surface area contributed by atoms with E-state index in [-0.39, 0.29) is 11.8 Å². The first-order chi connectivity index (χ1) is 7.88. The quantitative estimate of drug-likeness (QED) is 0.784. The van der Waals surface area contributed by atoms with Gasteiger partial charge in [0.05, 0.1) is 12.4 Å². The lowest BCUT2D eigenvalue weighted by atomic mass is 10.1. The number of benzene rings is 1. The molecule has 5 heteroatoms. The van der Waals surface area contributed by atoms with Gasteiger partial charge in [-0.2, -0.15) is 0 Å². The molecule has 0 spiro atoms. The first-order valence-corrected chi connectivity index (χ1v) is 7.60. The van der Waals surface area contributed by atoms with Gasteiger partial charge in [-0.3, -0.25) is 0 Å². The molecule has 2 N–H and O–H groups in total. The standard InChI is InChI=1S/C12H19NO3S/c1-10(13)11-4-6-12(7-5-11)16-8-3-9-17(2,14)15/h4-7,10H,3,8-9,13H2,1-2H3/t10-/m1/s1. The van der Waals surface area contributed by atoms with Gasteiger partial charge in [-0.25, -0.2) is 8.42 Å². The van der Waals surface area contributed by atoms with Crippen molar-refractivity contribution in [3.63, 3.8) is 0 Å². The molecule has 0 bridgehead atoms. The van der Waals surface area contributed by atoms with E-state index >= 15 is 0 Å². The van der Waals surface area contributed by atoms with Gasteiger partial charge >= 0.3 is 0 Å². The summed E-state index contributed by atoms with van der Waals surface area (Å²) in [5, 5.41) is 0. The summed E-state index contributed by atoms with van der Waals surface area (Å²) in [7, 11) is -2.89. The zero-order valence-corrected chi connectivity index (χ0v) is 11.0. The molecule has 0 heterocycles. The van der Waals surface area contributed by atoms with Crippen LogP contribution in [0.2, 0.25) is 0 Å². The number of rotatable bonds is 6. The summed E-state index contributed by atoms with van der Waals surface area (Å²) in [4.78, 5) is 0. The minimum absolute atomic E-state index is 0.00860. The average Bonchev–Trinajstić information content (AvgIpc) is 2.24. The van der Waals surface area contributed by atoms with Gasteiger partial charge in [-0.15, -0.1) is 0 Å². The van der Waals surface area contributed by atoms with E-state index in [0.29, 0.717) is 13.0 Å². The van der Waals surface area contributed by atoms with Gasteiger partial charge in [-0.1, -0.05) is 12.1 Å². The molecule has 0 aliphatic carbocycles. The van der Waals surface area contributed by atoms with Crippen LogP contribution in [0.5, 0.6) is 5.75 Å². The molecule has 0 radical (unpaired) electrons. The fourth-order valence-corrected chi connectivity index (χ4v) is 2.02. The van der Waals surface area contributed by atoms with Crippen molar-refractivity contribution in [2.24, 2.45) is 5.73 Å². The first-order valence-electron chi connectivity index (χ1n) is 5.54. The number of nitrogens with two attached hydrogens (primary N) is 1. The van der Waals surface area contributed by atoms with Crippen LogP contribution in [0.25, 0.3) is 0 Å². The molecular formula is C12H19NO3S. The molecule has 0 fully saturated rings. The highest BCUT2D eigenvalue weighted by molar-refractivity contribution is 7.90. The Morgan fingerprint density at radius 3 is 2.35 bits per heavy atom. The lowest BCUT2D eigenvalue weighted by Crippen LogP contribution is -2.08. The highest BCUT2D eigenvalue weighted by atomic mass is 32.2. The van der Waals surface area contributed by atoms with E-state index in [2.05, 4.69) is 0 Å². The summed E-state index contributed by atoms with van der Waals surface area (Å²) in [6.07, 6.45) is 1.73. The summed E-state index contributed by atoms with van der Waals surface area (Å²) < 4.78 is 27.2. The molecular weight excluding hydrogens is 238 g/mol. The highest BCUT2D eigenvalue weighted by Gasteiger charge is 2.02. The number of sulfone groups is 1. The predicted octanol–water partition coefficient (Wildman–Crippen LogP) is 1.52. The molecule has 0 amide bonds. The summed E-state index contributed by atoms with van der Waals surface area (Å²) in [6, 6.07) is 7.53. The number of ether oxygens (including phenoxy) is 1. The molecule has 0 saturated carbocycles. The summed E-state index contributed by atoms with van der Waals surface area (Å²) in [6.45, 7) is 2.33. The van der Waals surface area contributed by atoms with Crippen molar-refractivity contribution in [3.8, 4) is 5.75 Å². The third-order valence-electron chi connectivity index (χ3n) is 2.33. The van der Waals surface area contributed by atoms with Crippen LogP contribution in [0.3, 0.4) is 0 Å². The van der Waals surface area contributed by atoms with Crippen LogP contribution in [-0.2, 0) is 9.84 Å². The zero-order valence-electron chi connectivity index (χ0n) is 10.2. The Kier molecular flexibility index (Phi) is 4.96. The van der Waals surface area contributed by atoms with E-state index < -0.39 is 9.84 Å². The number of hydrogen-bond donors (Lipinski definition) is 1. The Hall–Kier alpha value is -1.07. The molecule has 1 aromatic rings. The van der Waals surface area contributed by atoms with E-state index in [4.69, 9.17) is 10.5 Å². The maximum atomic E-state index is 10.9. The Morgan fingerprint density at radius 1 is 1.29 bits per heavy atom. The second kappa shape index (κ2) is 6.02. The van der Waals surface area contributed by atoms with Gasteiger partial charge < -0.3 is 10.5 Å². The zero-order chi connectivity index (χ0) is 12.9. The third-order valence-corrected chi connectivity index (χ3v) is 3.36. The van der Waals surface area contributed by atoms with Gasteiger partial charge in [0.1, 0.15) is 15.6 Å². The van der Waals surface area contributed by atoms with Crippen molar-refractivity contribution in [2.45, 2.75) is 19.4 Å². The predicted molar refractivity (Wildman–Crippen MR) is 68.9 cm³/mol. The molecule has 1 atom stereocenters. The van der Waals surface area contributed by atoms with E-state index in [1.807, 2.05) is 31.2 Å². The maximum absolute atomic E-state index is 10.9. The molecule has 0 saturated heterocycles. The SMILES string of the molecule is C[C@@H](N)c1ccc(OCCCS(C)(=O)=O)cc1. The molecule has 17 heavy (non-hydrogen) atoms. The van der Waals surface area contributed by atoms with Crippen molar-refractivity contribution in [1.29, 1.82) is 0 Å². The first kappa shape index (κ1) is 14.0. The van der Waals surface area contributed by atoms with Crippen LogP contribution >= 0.6 is 0 Å². The van der Waals surface area contributed by atoms with E-state index in [1.54, 1.807) is 0 Å². The smallest absolute Gasteiger partial charge is 0.147 e. The molecule has 0 aromatic heterocycles. The van der Waals surface area contributed by atoms with Crippen molar-refractivity contribution in [3.05, 3.63) is 29.8 Å². The van der Waals surface area contributed by atoms with Crippen molar-refractivity contribution >= 4 is 9.84 Å². The van der Waals surface area contributed by atoms with E-state index in [0.717, 1.165) is 11.3 Å². The third kappa shape index (κ3) is 5.70. The van der Waals surface area contributed by atoms with Crippen LogP contribution in [0, 0.1) is 0 Å². The van der Waals surface area contributed by atoms with E-state index in [1.165, 1.54) is 6.26 Å². The lowest BCUT2D eigenvalue weighted by molar-refractivity contribution is 0.317. The highest BCUT2D eigenvalue weighted by Crippen LogP contribution is 2.16. The van der Waals surface area contributed by atoms with Gasteiger partial charge in [0.2, 0.25) is 0 Å². The number of hydrogen-bond acceptors (Lipinski definition) is 4. The Bertz CT molecular complexity index is 437. The molecule has 0 aliphatic heterocycles. The van der Waals surface area contributed by atoms with Gasteiger partial charge in [0.15, 0.2) is 0 Å². The van der Waals surface area contributed by atoms with Gasteiger partial charge in [0.25, 0.3) is 0 Å². The molecule has 0 aliphatic rings. The van der Waals surface area contributed by atoms with Gasteiger partial charge in [0, 0.05) is 12.3 Å². The molecule has 4 nitrogen and oxygen atoms in total. The molecule has 1 aromatic carbocycles. The van der Waals surface area contributed by atoms with Crippen LogP contribution < -0.4 is 10.5 Å². The van der Waals surface area contributed by atoms with Crippen LogP contribution in [-0.4, -0.2) is 27.0 Å². The van der Waals surface area contributed by atoms with Gasteiger partial charge in [-0.05, 0) is 31.0 Å². The Morgan fingerprint density at radius 2 is 1.88 bits per heavy atom. The average molecular weight is 257 g/mol. The van der Waals surface area contributed by atoms with Crippen molar-refractivity contribution in [1.82, 2.24) is 0 Å². The topological polar surface area (TPSA) is 69.4 Å². The fraction of sp³-hybridized carbons (Fsp3) is 0.500. The Labute approximate surface area is 103 Å². The van der Waals surface area contributed by atoms with Crippen LogP contribution in [0.15, 0.2) is 24.3 Å².